The lowest BCUT2D eigenvalue weighted by Gasteiger charge is -2.09. The van der Waals surface area contributed by atoms with Crippen LogP contribution in [-0.4, -0.2) is 31.0 Å². The molecule has 1 atom stereocenters. The second-order valence-electron chi connectivity index (χ2n) is 4.79. The maximum atomic E-state index is 11.1. The minimum atomic E-state index is -0.228. The number of halogens is 1. The highest BCUT2D eigenvalue weighted by Crippen LogP contribution is 2.09. The van der Waals surface area contributed by atoms with Crippen LogP contribution in [-0.2, 0) is 9.53 Å². The predicted octanol–water partition coefficient (Wildman–Crippen LogP) is 3.12. The number of ether oxygens (including phenoxy) is 1. The highest BCUT2D eigenvalue weighted by atomic mass is 79.9. The van der Waals surface area contributed by atoms with E-state index in [1.807, 2.05) is 0 Å². The van der Waals surface area contributed by atoms with E-state index < -0.39 is 0 Å². The average molecular weight is 308 g/mol. The van der Waals surface area contributed by atoms with Gasteiger partial charge in [-0.05, 0) is 18.9 Å². The Morgan fingerprint density at radius 3 is 2.47 bits per heavy atom. The second kappa shape index (κ2) is 11.0. The summed E-state index contributed by atoms with van der Waals surface area (Å²) in [6.07, 6.45) is 6.43. The molecule has 0 saturated carbocycles. The molecule has 102 valence electrons. The number of alkyl halides is 1. The van der Waals surface area contributed by atoms with Crippen molar-refractivity contribution in [1.82, 2.24) is 5.32 Å². The minimum Gasteiger partial charge on any atom is -0.468 e. The van der Waals surface area contributed by atoms with Crippen LogP contribution in [0.2, 0.25) is 0 Å². The normalized spacial score (nSPS) is 12.8. The highest BCUT2D eigenvalue weighted by Gasteiger charge is 2.13. The molecule has 0 bridgehead atoms. The zero-order valence-corrected chi connectivity index (χ0v) is 12.9. The quantitative estimate of drug-likeness (QED) is 0.383. The topological polar surface area (TPSA) is 38.3 Å². The monoisotopic (exact) mass is 307 g/mol. The molecule has 0 aromatic heterocycles. The van der Waals surface area contributed by atoms with E-state index in [1.54, 1.807) is 0 Å². The molecule has 0 rings (SSSR count). The van der Waals surface area contributed by atoms with Crippen LogP contribution in [0.25, 0.3) is 0 Å². The van der Waals surface area contributed by atoms with E-state index in [4.69, 9.17) is 0 Å². The van der Waals surface area contributed by atoms with Gasteiger partial charge in [0.25, 0.3) is 0 Å². The second-order valence-corrected chi connectivity index (χ2v) is 5.90. The number of rotatable bonds is 10. The van der Waals surface area contributed by atoms with Crippen LogP contribution in [0.4, 0.5) is 0 Å². The number of unbranched alkanes of at least 4 members (excludes halogenated alkanes) is 3. The van der Waals surface area contributed by atoms with E-state index in [2.05, 4.69) is 39.8 Å². The smallest absolute Gasteiger partial charge is 0.320 e. The molecule has 0 spiro atoms. The first kappa shape index (κ1) is 16.9. The highest BCUT2D eigenvalue weighted by molar-refractivity contribution is 9.10. The summed E-state index contributed by atoms with van der Waals surface area (Å²) < 4.78 is 4.62. The molecule has 0 radical (unpaired) electrons. The maximum absolute atomic E-state index is 11.1. The van der Waals surface area contributed by atoms with Crippen molar-refractivity contribution in [3.63, 3.8) is 0 Å². The molecule has 0 aromatic rings. The number of nitrogens with one attached hydrogen (secondary N) is 1. The van der Waals surface area contributed by atoms with Gasteiger partial charge in [-0.15, -0.1) is 0 Å². The van der Waals surface area contributed by atoms with Gasteiger partial charge in [-0.3, -0.25) is 4.79 Å². The molecule has 0 amide bonds. The summed E-state index contributed by atoms with van der Waals surface area (Å²) in [6.45, 7) is 6.15. The number of hydrogen-bond donors (Lipinski definition) is 1. The third-order valence-corrected chi connectivity index (χ3v) is 3.36. The molecule has 0 fully saturated rings. The number of esters is 1. The van der Waals surface area contributed by atoms with Gasteiger partial charge >= 0.3 is 5.97 Å². The number of carbonyl (C=O) groups excluding carboxylic acids is 1. The van der Waals surface area contributed by atoms with Crippen LogP contribution in [0, 0.1) is 5.92 Å². The molecule has 1 N–H and O–H groups in total. The molecule has 0 aromatic carbocycles. The van der Waals surface area contributed by atoms with Gasteiger partial charge in [-0.1, -0.05) is 55.5 Å². The van der Waals surface area contributed by atoms with Crippen LogP contribution >= 0.6 is 15.9 Å². The third kappa shape index (κ3) is 10.8. The van der Waals surface area contributed by atoms with Crippen molar-refractivity contribution in [2.75, 3.05) is 20.2 Å². The van der Waals surface area contributed by atoms with Crippen LogP contribution in [0.1, 0.15) is 46.0 Å². The fourth-order valence-corrected chi connectivity index (χ4v) is 2.01. The van der Waals surface area contributed by atoms with Crippen molar-refractivity contribution in [2.45, 2.75) is 50.8 Å². The summed E-state index contributed by atoms with van der Waals surface area (Å²) in [7, 11) is 1.41. The summed E-state index contributed by atoms with van der Waals surface area (Å²) in [5.41, 5.74) is 0. The van der Waals surface area contributed by atoms with E-state index in [1.165, 1.54) is 39.2 Å². The van der Waals surface area contributed by atoms with Gasteiger partial charge in [0.05, 0.1) is 7.11 Å². The van der Waals surface area contributed by atoms with Gasteiger partial charge in [-0.2, -0.15) is 0 Å². The van der Waals surface area contributed by atoms with Gasteiger partial charge < -0.3 is 10.1 Å². The van der Waals surface area contributed by atoms with Crippen molar-refractivity contribution in [3.05, 3.63) is 0 Å². The lowest BCUT2D eigenvalue weighted by atomic mass is 10.0. The van der Waals surface area contributed by atoms with E-state index in [0.29, 0.717) is 6.54 Å². The molecule has 4 heteroatoms. The van der Waals surface area contributed by atoms with Crippen LogP contribution < -0.4 is 5.32 Å². The first-order valence-corrected chi connectivity index (χ1v) is 7.42. The van der Waals surface area contributed by atoms with Gasteiger partial charge in [0, 0.05) is 6.54 Å². The average Bonchev–Trinajstić information content (AvgIpc) is 2.30. The molecule has 3 nitrogen and oxygen atoms in total. The van der Waals surface area contributed by atoms with Crippen molar-refractivity contribution in [1.29, 1.82) is 0 Å². The van der Waals surface area contributed by atoms with Crippen LogP contribution in [0.3, 0.4) is 0 Å². The fraction of sp³-hybridized carbons (Fsp3) is 0.923. The summed E-state index contributed by atoms with van der Waals surface area (Å²) in [5.74, 6) is 0.608. The van der Waals surface area contributed by atoms with Gasteiger partial charge in [0.2, 0.25) is 0 Å². The van der Waals surface area contributed by atoms with Crippen LogP contribution in [0.15, 0.2) is 0 Å². The Morgan fingerprint density at radius 1 is 1.24 bits per heavy atom. The molecular formula is C13H26BrNO2. The van der Waals surface area contributed by atoms with Crippen molar-refractivity contribution in [3.8, 4) is 0 Å². The van der Waals surface area contributed by atoms with Crippen LogP contribution in [0.5, 0.6) is 0 Å². The van der Waals surface area contributed by atoms with Crippen molar-refractivity contribution < 1.29 is 9.53 Å². The minimum absolute atomic E-state index is 0.213. The SMILES string of the molecule is COC(=O)C(Br)CNCCCCCCC(C)C. The summed E-state index contributed by atoms with van der Waals surface area (Å²) >= 11 is 3.28. The Hall–Kier alpha value is -0.0900. The van der Waals surface area contributed by atoms with Gasteiger partial charge in [-0.25, -0.2) is 0 Å². The summed E-state index contributed by atoms with van der Waals surface area (Å²) in [6, 6.07) is 0. The molecular weight excluding hydrogens is 282 g/mol. The Kier molecular flexibility index (Phi) is 11.0. The Bertz CT molecular complexity index is 198. The van der Waals surface area contributed by atoms with Crippen molar-refractivity contribution in [2.24, 2.45) is 5.92 Å². The summed E-state index contributed by atoms with van der Waals surface area (Å²) in [5, 5.41) is 3.25. The molecule has 0 aliphatic carbocycles. The molecule has 1 unspecified atom stereocenters. The largest absolute Gasteiger partial charge is 0.468 e. The summed E-state index contributed by atoms with van der Waals surface area (Å²) in [4.78, 5) is 10.8. The van der Waals surface area contributed by atoms with Gasteiger partial charge in [0.1, 0.15) is 4.83 Å². The number of methoxy groups -OCH3 is 1. The zero-order valence-electron chi connectivity index (χ0n) is 11.3. The Balaban J connectivity index is 3.21. The number of carbonyl (C=O) groups is 1. The zero-order chi connectivity index (χ0) is 13.1. The first-order valence-electron chi connectivity index (χ1n) is 6.50. The molecule has 17 heavy (non-hydrogen) atoms. The number of hydrogen-bond acceptors (Lipinski definition) is 3. The van der Waals surface area contributed by atoms with Crippen molar-refractivity contribution >= 4 is 21.9 Å². The fourth-order valence-electron chi connectivity index (χ4n) is 1.60. The first-order chi connectivity index (χ1) is 8.07. The van der Waals surface area contributed by atoms with Gasteiger partial charge in [0.15, 0.2) is 0 Å². The van der Waals surface area contributed by atoms with E-state index >= 15 is 0 Å². The van der Waals surface area contributed by atoms with E-state index in [-0.39, 0.29) is 10.8 Å². The molecule has 0 aliphatic rings. The predicted molar refractivity (Wildman–Crippen MR) is 75.5 cm³/mol. The third-order valence-electron chi connectivity index (χ3n) is 2.67. The standard InChI is InChI=1S/C13H26BrNO2/c1-11(2)8-6-4-5-7-9-15-10-12(14)13(16)17-3/h11-12,15H,4-10H2,1-3H3. The lowest BCUT2D eigenvalue weighted by Crippen LogP contribution is -2.30. The van der Waals surface area contributed by atoms with E-state index in [9.17, 15) is 4.79 Å². The molecule has 0 aliphatic heterocycles. The Labute approximate surface area is 114 Å². The van der Waals surface area contributed by atoms with E-state index in [0.717, 1.165) is 12.5 Å². The Morgan fingerprint density at radius 2 is 1.88 bits per heavy atom. The molecule has 0 saturated heterocycles. The lowest BCUT2D eigenvalue weighted by molar-refractivity contribution is -0.139. The molecule has 0 heterocycles. The maximum Gasteiger partial charge on any atom is 0.320 e.